The quantitative estimate of drug-likeness (QED) is 0.825. The molecule has 0 bridgehead atoms. The van der Waals surface area contributed by atoms with Crippen LogP contribution in [-0.2, 0) is 16.0 Å². The van der Waals surface area contributed by atoms with Gasteiger partial charge in [0.25, 0.3) is 5.91 Å². The highest BCUT2D eigenvalue weighted by atomic mass is 16.2. The van der Waals surface area contributed by atoms with Gasteiger partial charge in [0, 0.05) is 24.5 Å². The van der Waals surface area contributed by atoms with Crippen molar-refractivity contribution >= 4 is 17.8 Å². The lowest BCUT2D eigenvalue weighted by Gasteiger charge is -2.33. The van der Waals surface area contributed by atoms with E-state index in [4.69, 9.17) is 0 Å². The van der Waals surface area contributed by atoms with Gasteiger partial charge in [0.05, 0.1) is 6.54 Å². The molecule has 0 spiro atoms. The van der Waals surface area contributed by atoms with Gasteiger partial charge in [-0.25, -0.2) is 4.79 Å². The lowest BCUT2D eigenvalue weighted by Crippen LogP contribution is -2.47. The number of piperidine rings is 1. The number of pyridine rings is 1. The summed E-state index contributed by atoms with van der Waals surface area (Å²) in [6, 6.07) is 5.51. The van der Waals surface area contributed by atoms with E-state index in [0.29, 0.717) is 19.0 Å². The van der Waals surface area contributed by atoms with Crippen molar-refractivity contribution in [3.8, 4) is 0 Å². The zero-order chi connectivity index (χ0) is 17.1. The molecule has 2 fully saturated rings. The minimum absolute atomic E-state index is 0.0201. The van der Waals surface area contributed by atoms with E-state index in [-0.39, 0.29) is 24.9 Å². The van der Waals surface area contributed by atoms with Crippen molar-refractivity contribution in [2.75, 3.05) is 26.2 Å². The van der Waals surface area contributed by atoms with Crippen molar-refractivity contribution in [3.05, 3.63) is 29.6 Å². The van der Waals surface area contributed by atoms with Gasteiger partial charge in [-0.15, -0.1) is 0 Å². The molecule has 0 radical (unpaired) electrons. The third-order valence-corrected chi connectivity index (χ3v) is 4.55. The number of amides is 4. The molecule has 2 saturated heterocycles. The first kappa shape index (κ1) is 16.4. The average Bonchev–Trinajstić information content (AvgIpc) is 2.87. The molecule has 2 aliphatic rings. The smallest absolute Gasteiger partial charge is 0.325 e. The standard InChI is InChI=1S/C17H22N4O3/c1-12-4-2-6-14(19-12)8-13-5-3-7-20(10-13)16(23)11-21-15(22)9-18-17(21)24/h2,4,6,13H,3,5,7-11H2,1H3,(H,18,24). The van der Waals surface area contributed by atoms with Crippen LogP contribution >= 0.6 is 0 Å². The van der Waals surface area contributed by atoms with Gasteiger partial charge < -0.3 is 10.2 Å². The van der Waals surface area contributed by atoms with Crippen LogP contribution in [0.5, 0.6) is 0 Å². The van der Waals surface area contributed by atoms with E-state index in [2.05, 4.69) is 10.3 Å². The van der Waals surface area contributed by atoms with E-state index in [1.165, 1.54) is 0 Å². The van der Waals surface area contributed by atoms with Crippen LogP contribution in [-0.4, -0.2) is 58.8 Å². The van der Waals surface area contributed by atoms with Gasteiger partial charge in [0.15, 0.2) is 0 Å². The zero-order valence-electron chi connectivity index (χ0n) is 13.8. The number of nitrogens with zero attached hydrogens (tertiary/aromatic N) is 3. The molecule has 7 nitrogen and oxygen atoms in total. The molecule has 24 heavy (non-hydrogen) atoms. The maximum atomic E-state index is 12.4. The topological polar surface area (TPSA) is 82.6 Å². The molecule has 1 atom stereocenters. The lowest BCUT2D eigenvalue weighted by molar-refractivity contribution is -0.137. The molecule has 3 heterocycles. The second-order valence-corrected chi connectivity index (χ2v) is 6.46. The Morgan fingerprint density at radius 3 is 2.92 bits per heavy atom. The van der Waals surface area contributed by atoms with Crippen molar-refractivity contribution < 1.29 is 14.4 Å². The fourth-order valence-corrected chi connectivity index (χ4v) is 3.32. The molecule has 1 aromatic rings. The molecule has 3 rings (SSSR count). The fraction of sp³-hybridized carbons (Fsp3) is 0.529. The maximum absolute atomic E-state index is 12.4. The number of likely N-dealkylation sites (tertiary alicyclic amines) is 1. The molecule has 0 saturated carbocycles. The third kappa shape index (κ3) is 3.72. The van der Waals surface area contributed by atoms with E-state index in [1.54, 1.807) is 4.90 Å². The molecule has 2 aliphatic heterocycles. The van der Waals surface area contributed by atoms with Crippen LogP contribution in [0.2, 0.25) is 0 Å². The molecular formula is C17H22N4O3. The number of carbonyl (C=O) groups is 3. The SMILES string of the molecule is Cc1cccc(CC2CCCN(C(=O)CN3C(=O)CNC3=O)C2)n1. The number of aryl methyl sites for hydroxylation is 1. The van der Waals surface area contributed by atoms with E-state index in [0.717, 1.165) is 35.6 Å². The summed E-state index contributed by atoms with van der Waals surface area (Å²) in [4.78, 5) is 42.9. The number of aromatic nitrogens is 1. The van der Waals surface area contributed by atoms with Gasteiger partial charge >= 0.3 is 6.03 Å². The summed E-state index contributed by atoms with van der Waals surface area (Å²) in [5.74, 6) is -0.145. The molecule has 1 N–H and O–H groups in total. The number of nitrogens with one attached hydrogen (secondary N) is 1. The minimum atomic E-state index is -0.481. The summed E-state index contributed by atoms with van der Waals surface area (Å²) in [5.41, 5.74) is 2.04. The Morgan fingerprint density at radius 1 is 1.38 bits per heavy atom. The monoisotopic (exact) mass is 330 g/mol. The zero-order valence-corrected chi connectivity index (χ0v) is 13.8. The Morgan fingerprint density at radius 2 is 2.21 bits per heavy atom. The van der Waals surface area contributed by atoms with E-state index in [1.807, 2.05) is 25.1 Å². The molecule has 1 unspecified atom stereocenters. The number of hydrogen-bond acceptors (Lipinski definition) is 4. The van der Waals surface area contributed by atoms with E-state index in [9.17, 15) is 14.4 Å². The maximum Gasteiger partial charge on any atom is 0.325 e. The molecular weight excluding hydrogens is 308 g/mol. The van der Waals surface area contributed by atoms with Gasteiger partial charge in [-0.1, -0.05) is 6.07 Å². The van der Waals surface area contributed by atoms with Gasteiger partial charge in [-0.2, -0.15) is 0 Å². The summed E-state index contributed by atoms with van der Waals surface area (Å²) in [6.45, 7) is 3.12. The van der Waals surface area contributed by atoms with Crippen molar-refractivity contribution in [3.63, 3.8) is 0 Å². The van der Waals surface area contributed by atoms with Crippen LogP contribution in [0.4, 0.5) is 4.79 Å². The summed E-state index contributed by atoms with van der Waals surface area (Å²) in [5, 5.41) is 2.43. The van der Waals surface area contributed by atoms with Crippen molar-refractivity contribution in [1.82, 2.24) is 20.1 Å². The van der Waals surface area contributed by atoms with Crippen LogP contribution in [0.15, 0.2) is 18.2 Å². The second-order valence-electron chi connectivity index (χ2n) is 6.46. The Hall–Kier alpha value is -2.44. The largest absolute Gasteiger partial charge is 0.341 e. The first-order valence-corrected chi connectivity index (χ1v) is 8.31. The van der Waals surface area contributed by atoms with Crippen LogP contribution in [0.3, 0.4) is 0 Å². The molecule has 0 aromatic carbocycles. The first-order chi connectivity index (χ1) is 11.5. The highest BCUT2D eigenvalue weighted by Gasteiger charge is 2.33. The summed E-state index contributed by atoms with van der Waals surface area (Å²) >= 11 is 0. The Labute approximate surface area is 141 Å². The Kier molecular flexibility index (Phi) is 4.78. The predicted molar refractivity (Wildman–Crippen MR) is 87.1 cm³/mol. The van der Waals surface area contributed by atoms with Gasteiger partial charge in [0.1, 0.15) is 6.54 Å². The van der Waals surface area contributed by atoms with Gasteiger partial charge in [-0.3, -0.25) is 19.5 Å². The number of rotatable bonds is 4. The highest BCUT2D eigenvalue weighted by molar-refractivity contribution is 6.04. The van der Waals surface area contributed by atoms with Gasteiger partial charge in [0.2, 0.25) is 5.91 Å². The lowest BCUT2D eigenvalue weighted by atomic mass is 9.93. The molecule has 1 aromatic heterocycles. The van der Waals surface area contributed by atoms with Crippen molar-refractivity contribution in [2.24, 2.45) is 5.92 Å². The van der Waals surface area contributed by atoms with E-state index < -0.39 is 6.03 Å². The second kappa shape index (κ2) is 6.98. The molecule has 0 aliphatic carbocycles. The fourth-order valence-electron chi connectivity index (χ4n) is 3.32. The summed E-state index contributed by atoms with van der Waals surface area (Å²) in [6.07, 6.45) is 2.83. The van der Waals surface area contributed by atoms with Crippen LogP contribution in [0.25, 0.3) is 0 Å². The average molecular weight is 330 g/mol. The van der Waals surface area contributed by atoms with Crippen LogP contribution in [0, 0.1) is 12.8 Å². The number of hydrogen-bond donors (Lipinski definition) is 1. The number of imide groups is 1. The number of urea groups is 1. The predicted octanol–water partition coefficient (Wildman–Crippen LogP) is 0.723. The highest BCUT2D eigenvalue weighted by Crippen LogP contribution is 2.20. The van der Waals surface area contributed by atoms with Crippen molar-refractivity contribution in [1.29, 1.82) is 0 Å². The normalized spacial score (nSPS) is 21.1. The first-order valence-electron chi connectivity index (χ1n) is 8.31. The van der Waals surface area contributed by atoms with Crippen LogP contribution < -0.4 is 5.32 Å². The summed E-state index contributed by atoms with van der Waals surface area (Å²) in [7, 11) is 0. The molecule has 4 amide bonds. The summed E-state index contributed by atoms with van der Waals surface area (Å²) < 4.78 is 0. The molecule has 128 valence electrons. The van der Waals surface area contributed by atoms with Gasteiger partial charge in [-0.05, 0) is 44.2 Å². The third-order valence-electron chi connectivity index (χ3n) is 4.55. The van der Waals surface area contributed by atoms with Crippen molar-refractivity contribution in [2.45, 2.75) is 26.2 Å². The Balaban J connectivity index is 1.57. The number of carbonyl (C=O) groups excluding carboxylic acids is 3. The minimum Gasteiger partial charge on any atom is -0.341 e. The molecule has 7 heteroatoms. The Bertz CT molecular complexity index is 645. The van der Waals surface area contributed by atoms with Crippen LogP contribution in [0.1, 0.15) is 24.2 Å². The van der Waals surface area contributed by atoms with E-state index >= 15 is 0 Å².